The Hall–Kier alpha value is -1.57. The third-order valence-corrected chi connectivity index (χ3v) is 5.10. The number of anilines is 1. The maximum Gasteiger partial charge on any atom is 0.471 e. The van der Waals surface area contributed by atoms with E-state index in [-0.39, 0.29) is 17.9 Å². The molecule has 2 rings (SSSR count). The van der Waals surface area contributed by atoms with Crippen LogP contribution in [0.3, 0.4) is 0 Å². The van der Waals surface area contributed by atoms with Crippen molar-refractivity contribution >= 4 is 21.4 Å². The lowest BCUT2D eigenvalue weighted by Gasteiger charge is -2.29. The third kappa shape index (κ3) is 3.55. The first kappa shape index (κ1) is 15.8. The lowest BCUT2D eigenvalue weighted by atomic mass is 10.1. The molecular formula is C13H14F3NO3S. The Labute approximate surface area is 120 Å². The number of carbonyl (C=O) groups is 1. The van der Waals surface area contributed by atoms with E-state index in [1.54, 1.807) is 19.1 Å². The van der Waals surface area contributed by atoms with Crippen LogP contribution in [0, 0.1) is 6.92 Å². The summed E-state index contributed by atoms with van der Waals surface area (Å²) in [7, 11) is -3.40. The second-order valence-electron chi connectivity index (χ2n) is 5.07. The Morgan fingerprint density at radius 3 is 2.24 bits per heavy atom. The molecular weight excluding hydrogens is 307 g/mol. The molecule has 0 radical (unpaired) electrons. The summed E-state index contributed by atoms with van der Waals surface area (Å²) in [5, 5.41) is 0. The summed E-state index contributed by atoms with van der Waals surface area (Å²) in [4.78, 5) is 12.2. The standard InChI is InChI=1S/C13H14F3NO3S/c1-9-2-4-10(5-3-9)17(12(18)13(14,15)16)11-6-7-21(19,20)8-11/h2-5,11H,6-8H2,1H3. The molecule has 1 aliphatic rings. The summed E-state index contributed by atoms with van der Waals surface area (Å²) in [6, 6.07) is 4.96. The highest BCUT2D eigenvalue weighted by atomic mass is 32.2. The van der Waals surface area contributed by atoms with Crippen LogP contribution < -0.4 is 4.90 Å². The summed E-state index contributed by atoms with van der Waals surface area (Å²) < 4.78 is 61.3. The van der Waals surface area contributed by atoms with Crippen molar-refractivity contribution in [3.63, 3.8) is 0 Å². The SMILES string of the molecule is Cc1ccc(N(C(=O)C(F)(F)F)C2CCS(=O)(=O)C2)cc1. The van der Waals surface area contributed by atoms with E-state index < -0.39 is 33.7 Å². The predicted molar refractivity (Wildman–Crippen MR) is 71.8 cm³/mol. The Morgan fingerprint density at radius 2 is 1.81 bits per heavy atom. The first-order valence-electron chi connectivity index (χ1n) is 6.28. The number of nitrogens with zero attached hydrogens (tertiary/aromatic N) is 1. The molecule has 1 saturated heterocycles. The zero-order valence-corrected chi connectivity index (χ0v) is 12.0. The summed E-state index contributed by atoms with van der Waals surface area (Å²) in [6.45, 7) is 1.76. The molecule has 1 atom stereocenters. The van der Waals surface area contributed by atoms with Crippen LogP contribution in [0.25, 0.3) is 0 Å². The lowest BCUT2D eigenvalue weighted by molar-refractivity contribution is -0.170. The number of alkyl halides is 3. The summed E-state index contributed by atoms with van der Waals surface area (Å²) in [6.07, 6.45) is -5.03. The molecule has 8 heteroatoms. The normalized spacial score (nSPS) is 21.2. The first-order chi connectivity index (χ1) is 9.60. The predicted octanol–water partition coefficient (Wildman–Crippen LogP) is 2.08. The van der Waals surface area contributed by atoms with Crippen molar-refractivity contribution in [3.8, 4) is 0 Å². The van der Waals surface area contributed by atoms with Crippen LogP contribution in [0.15, 0.2) is 24.3 Å². The van der Waals surface area contributed by atoms with Gasteiger partial charge in [0.05, 0.1) is 17.5 Å². The fourth-order valence-corrected chi connectivity index (χ4v) is 4.01. The maximum absolute atomic E-state index is 12.8. The van der Waals surface area contributed by atoms with Crippen LogP contribution in [0.1, 0.15) is 12.0 Å². The van der Waals surface area contributed by atoms with E-state index in [9.17, 15) is 26.4 Å². The van der Waals surface area contributed by atoms with Gasteiger partial charge in [0.15, 0.2) is 9.84 Å². The molecule has 1 aromatic rings. The molecule has 116 valence electrons. The number of benzene rings is 1. The van der Waals surface area contributed by atoms with Crippen molar-refractivity contribution in [1.29, 1.82) is 0 Å². The van der Waals surface area contributed by atoms with Gasteiger partial charge in [-0.25, -0.2) is 8.42 Å². The number of hydrogen-bond acceptors (Lipinski definition) is 3. The average molecular weight is 321 g/mol. The number of aryl methyl sites for hydroxylation is 1. The molecule has 4 nitrogen and oxygen atoms in total. The van der Waals surface area contributed by atoms with Crippen molar-refractivity contribution in [2.75, 3.05) is 16.4 Å². The molecule has 1 heterocycles. The Balaban J connectivity index is 2.40. The second kappa shape index (κ2) is 5.32. The van der Waals surface area contributed by atoms with Crippen LogP contribution in [0.5, 0.6) is 0 Å². The highest BCUT2D eigenvalue weighted by molar-refractivity contribution is 7.91. The molecule has 21 heavy (non-hydrogen) atoms. The smallest absolute Gasteiger partial charge is 0.300 e. The van der Waals surface area contributed by atoms with Gasteiger partial charge in [0.25, 0.3) is 0 Å². The minimum Gasteiger partial charge on any atom is -0.300 e. The van der Waals surface area contributed by atoms with Crippen molar-refractivity contribution in [2.45, 2.75) is 25.6 Å². The van der Waals surface area contributed by atoms with Gasteiger partial charge in [-0.1, -0.05) is 17.7 Å². The number of carbonyl (C=O) groups excluding carboxylic acids is 1. The average Bonchev–Trinajstić information content (AvgIpc) is 2.71. The lowest BCUT2D eigenvalue weighted by Crippen LogP contribution is -2.48. The van der Waals surface area contributed by atoms with E-state index in [1.165, 1.54) is 12.1 Å². The molecule has 0 spiro atoms. The van der Waals surface area contributed by atoms with Gasteiger partial charge >= 0.3 is 12.1 Å². The Bertz CT molecular complexity index is 638. The molecule has 1 aromatic carbocycles. The molecule has 0 N–H and O–H groups in total. The highest BCUT2D eigenvalue weighted by Gasteiger charge is 2.47. The van der Waals surface area contributed by atoms with E-state index in [4.69, 9.17) is 0 Å². The van der Waals surface area contributed by atoms with Gasteiger partial charge < -0.3 is 4.90 Å². The summed E-state index contributed by atoms with van der Waals surface area (Å²) >= 11 is 0. The van der Waals surface area contributed by atoms with Gasteiger partial charge in [0.1, 0.15) is 0 Å². The van der Waals surface area contributed by atoms with E-state index in [0.717, 1.165) is 5.56 Å². The molecule has 0 bridgehead atoms. The maximum atomic E-state index is 12.8. The zero-order valence-electron chi connectivity index (χ0n) is 11.2. The number of amides is 1. The molecule has 1 unspecified atom stereocenters. The van der Waals surface area contributed by atoms with Gasteiger partial charge in [-0.15, -0.1) is 0 Å². The fraction of sp³-hybridized carbons (Fsp3) is 0.462. The first-order valence-corrected chi connectivity index (χ1v) is 8.10. The zero-order chi connectivity index (χ0) is 15.8. The summed E-state index contributed by atoms with van der Waals surface area (Å²) in [5.74, 6) is -2.68. The van der Waals surface area contributed by atoms with Gasteiger partial charge in [-0.2, -0.15) is 13.2 Å². The Morgan fingerprint density at radius 1 is 1.24 bits per heavy atom. The molecule has 1 amide bonds. The van der Waals surface area contributed by atoms with Crippen LogP contribution in [-0.4, -0.2) is 38.0 Å². The van der Waals surface area contributed by atoms with Crippen LogP contribution in [0.4, 0.5) is 18.9 Å². The van der Waals surface area contributed by atoms with Crippen LogP contribution >= 0.6 is 0 Å². The Kier molecular flexibility index (Phi) is 4.01. The minimum atomic E-state index is -5.04. The van der Waals surface area contributed by atoms with E-state index in [0.29, 0.717) is 4.90 Å². The van der Waals surface area contributed by atoms with Gasteiger partial charge in [0, 0.05) is 5.69 Å². The minimum absolute atomic E-state index is 0.0119. The quantitative estimate of drug-likeness (QED) is 0.838. The monoisotopic (exact) mass is 321 g/mol. The molecule has 0 aliphatic carbocycles. The van der Waals surface area contributed by atoms with Crippen molar-refractivity contribution in [1.82, 2.24) is 0 Å². The van der Waals surface area contributed by atoms with Crippen LogP contribution in [0.2, 0.25) is 0 Å². The number of hydrogen-bond donors (Lipinski definition) is 0. The fourth-order valence-electron chi connectivity index (χ4n) is 2.31. The van der Waals surface area contributed by atoms with E-state index in [2.05, 4.69) is 0 Å². The van der Waals surface area contributed by atoms with Gasteiger partial charge in [0.2, 0.25) is 0 Å². The largest absolute Gasteiger partial charge is 0.471 e. The number of sulfone groups is 1. The molecule has 0 saturated carbocycles. The van der Waals surface area contributed by atoms with Gasteiger partial charge in [-0.05, 0) is 25.5 Å². The van der Waals surface area contributed by atoms with Gasteiger partial charge in [-0.3, -0.25) is 4.79 Å². The van der Waals surface area contributed by atoms with Crippen LogP contribution in [-0.2, 0) is 14.6 Å². The molecule has 0 aromatic heterocycles. The number of rotatable bonds is 2. The van der Waals surface area contributed by atoms with E-state index >= 15 is 0 Å². The number of halogens is 3. The summed E-state index contributed by atoms with van der Waals surface area (Å²) in [5.41, 5.74) is 0.891. The van der Waals surface area contributed by atoms with Crippen molar-refractivity contribution in [2.24, 2.45) is 0 Å². The second-order valence-corrected chi connectivity index (χ2v) is 7.29. The van der Waals surface area contributed by atoms with Crippen molar-refractivity contribution < 1.29 is 26.4 Å². The van der Waals surface area contributed by atoms with Crippen molar-refractivity contribution in [3.05, 3.63) is 29.8 Å². The van der Waals surface area contributed by atoms with E-state index in [1.807, 2.05) is 0 Å². The topological polar surface area (TPSA) is 54.5 Å². The molecule has 1 aliphatic heterocycles. The molecule has 1 fully saturated rings. The third-order valence-electron chi connectivity index (χ3n) is 3.35. The highest BCUT2D eigenvalue weighted by Crippen LogP contribution is 2.30.